The summed E-state index contributed by atoms with van der Waals surface area (Å²) >= 11 is 5.11. The number of nitrogens with zero attached hydrogens (tertiary/aromatic N) is 3. The lowest BCUT2D eigenvalue weighted by atomic mass is 10.2. The maximum Gasteiger partial charge on any atom is 0.129 e. The molecule has 2 heterocycles. The van der Waals surface area contributed by atoms with E-state index in [1.54, 1.807) is 11.3 Å². The topological polar surface area (TPSA) is 38.7 Å². The number of rotatable bonds is 4. The van der Waals surface area contributed by atoms with Crippen molar-refractivity contribution in [3.63, 3.8) is 0 Å². The van der Waals surface area contributed by atoms with Crippen molar-refractivity contribution < 1.29 is 0 Å². The van der Waals surface area contributed by atoms with Crippen LogP contribution in [0.15, 0.2) is 46.4 Å². The van der Waals surface area contributed by atoms with Crippen molar-refractivity contribution in [1.29, 1.82) is 0 Å². The van der Waals surface area contributed by atoms with Crippen LogP contribution in [0.3, 0.4) is 0 Å². The van der Waals surface area contributed by atoms with E-state index in [-0.39, 0.29) is 0 Å². The normalized spacial score (nSPS) is 10.8. The number of thiazole rings is 1. The Morgan fingerprint density at radius 2 is 1.90 bits per heavy atom. The molecule has 0 aliphatic rings. The third kappa shape index (κ3) is 3.54. The van der Waals surface area contributed by atoms with Crippen molar-refractivity contribution >= 4 is 27.3 Å². The predicted octanol–water partition coefficient (Wildman–Crippen LogP) is 4.52. The molecular formula is C16H14BrN3S. The van der Waals surface area contributed by atoms with E-state index in [2.05, 4.69) is 50.3 Å². The van der Waals surface area contributed by atoms with Crippen LogP contribution in [0.4, 0.5) is 0 Å². The van der Waals surface area contributed by atoms with Gasteiger partial charge in [-0.3, -0.25) is 0 Å². The van der Waals surface area contributed by atoms with Gasteiger partial charge in [0.05, 0.1) is 16.4 Å². The summed E-state index contributed by atoms with van der Waals surface area (Å²) in [5, 5.41) is 3.17. The van der Waals surface area contributed by atoms with Gasteiger partial charge >= 0.3 is 0 Å². The van der Waals surface area contributed by atoms with Gasteiger partial charge in [-0.1, -0.05) is 37.3 Å². The van der Waals surface area contributed by atoms with Crippen molar-refractivity contribution in [2.45, 2.75) is 19.8 Å². The number of aryl methyl sites for hydroxylation is 1. The molecule has 0 saturated heterocycles. The lowest BCUT2D eigenvalue weighted by molar-refractivity contribution is 0.884. The molecule has 0 N–H and O–H groups in total. The predicted molar refractivity (Wildman–Crippen MR) is 89.5 cm³/mol. The minimum absolute atomic E-state index is 0.742. The summed E-state index contributed by atoms with van der Waals surface area (Å²) in [6.07, 6.45) is 1.57. The van der Waals surface area contributed by atoms with E-state index < -0.39 is 0 Å². The summed E-state index contributed by atoms with van der Waals surface area (Å²) in [7, 11) is 0. The van der Waals surface area contributed by atoms with Crippen LogP contribution in [-0.2, 0) is 12.8 Å². The van der Waals surface area contributed by atoms with Crippen LogP contribution in [0.2, 0.25) is 0 Å². The van der Waals surface area contributed by atoms with Gasteiger partial charge in [0.2, 0.25) is 0 Å². The van der Waals surface area contributed by atoms with Gasteiger partial charge in [-0.25, -0.2) is 15.0 Å². The third-order valence-electron chi connectivity index (χ3n) is 3.06. The van der Waals surface area contributed by atoms with E-state index in [9.17, 15) is 0 Å². The zero-order chi connectivity index (χ0) is 14.7. The fourth-order valence-corrected chi connectivity index (χ4v) is 3.34. The van der Waals surface area contributed by atoms with Gasteiger partial charge in [-0.2, -0.15) is 0 Å². The summed E-state index contributed by atoms with van der Waals surface area (Å²) in [4.78, 5) is 13.6. The summed E-state index contributed by atoms with van der Waals surface area (Å²) in [5.74, 6) is 0.860. The molecule has 3 aromatic rings. The quantitative estimate of drug-likeness (QED) is 0.643. The first kappa shape index (κ1) is 14.4. The second-order valence-electron chi connectivity index (χ2n) is 4.62. The first-order valence-corrected chi connectivity index (χ1v) is 8.44. The molecule has 0 amide bonds. The van der Waals surface area contributed by atoms with Crippen LogP contribution in [0.5, 0.6) is 0 Å². The molecule has 0 spiro atoms. The Morgan fingerprint density at radius 3 is 2.67 bits per heavy atom. The van der Waals surface area contributed by atoms with E-state index in [1.807, 2.05) is 24.3 Å². The monoisotopic (exact) mass is 359 g/mol. The second kappa shape index (κ2) is 6.45. The molecule has 3 rings (SSSR count). The SMILES string of the molecule is CCc1nc(Br)cc(Cc2nc(-c3ccccc3)cs2)n1. The van der Waals surface area contributed by atoms with Crippen LogP contribution < -0.4 is 0 Å². The molecule has 0 aliphatic heterocycles. The van der Waals surface area contributed by atoms with E-state index in [0.29, 0.717) is 0 Å². The number of hydrogen-bond donors (Lipinski definition) is 0. The van der Waals surface area contributed by atoms with Crippen LogP contribution in [0.25, 0.3) is 11.3 Å². The summed E-state index contributed by atoms with van der Waals surface area (Å²) in [5.41, 5.74) is 3.18. The van der Waals surface area contributed by atoms with Crippen molar-refractivity contribution in [1.82, 2.24) is 15.0 Å². The standard InChI is InChI=1S/C16H14BrN3S/c1-2-15-18-12(8-14(17)20-15)9-16-19-13(10-21-16)11-6-4-3-5-7-11/h3-8,10H,2,9H2,1H3. The average Bonchev–Trinajstić information content (AvgIpc) is 2.96. The Balaban J connectivity index is 1.83. The number of benzene rings is 1. The van der Waals surface area contributed by atoms with Gasteiger partial charge in [-0.05, 0) is 22.0 Å². The van der Waals surface area contributed by atoms with E-state index in [0.717, 1.165) is 45.2 Å². The first-order chi connectivity index (χ1) is 10.2. The Kier molecular flexibility index (Phi) is 4.41. The summed E-state index contributed by atoms with van der Waals surface area (Å²) in [6.45, 7) is 2.06. The summed E-state index contributed by atoms with van der Waals surface area (Å²) < 4.78 is 0.837. The fourth-order valence-electron chi connectivity index (χ4n) is 2.05. The highest BCUT2D eigenvalue weighted by Gasteiger charge is 2.08. The molecule has 106 valence electrons. The van der Waals surface area contributed by atoms with Gasteiger partial charge < -0.3 is 0 Å². The Bertz CT molecular complexity index is 740. The summed E-state index contributed by atoms with van der Waals surface area (Å²) in [6, 6.07) is 12.2. The van der Waals surface area contributed by atoms with Gasteiger partial charge in [0, 0.05) is 23.8 Å². The molecule has 0 radical (unpaired) electrons. The zero-order valence-corrected chi connectivity index (χ0v) is 14.0. The zero-order valence-electron chi connectivity index (χ0n) is 11.6. The van der Waals surface area contributed by atoms with Gasteiger partial charge in [0.25, 0.3) is 0 Å². The van der Waals surface area contributed by atoms with Crippen molar-refractivity contribution in [2.24, 2.45) is 0 Å². The Hall–Kier alpha value is -1.59. The van der Waals surface area contributed by atoms with Crippen LogP contribution in [0.1, 0.15) is 23.4 Å². The molecule has 2 aromatic heterocycles. The largest absolute Gasteiger partial charge is 0.241 e. The molecule has 0 saturated carbocycles. The van der Waals surface area contributed by atoms with Crippen LogP contribution >= 0.6 is 27.3 Å². The van der Waals surface area contributed by atoms with Crippen molar-refractivity contribution in [3.05, 3.63) is 62.9 Å². The number of halogens is 1. The highest BCUT2D eigenvalue weighted by molar-refractivity contribution is 9.10. The molecule has 3 nitrogen and oxygen atoms in total. The molecular weight excluding hydrogens is 346 g/mol. The molecule has 0 aliphatic carbocycles. The number of hydrogen-bond acceptors (Lipinski definition) is 4. The average molecular weight is 360 g/mol. The van der Waals surface area contributed by atoms with Crippen LogP contribution in [0, 0.1) is 0 Å². The highest BCUT2D eigenvalue weighted by Crippen LogP contribution is 2.23. The van der Waals surface area contributed by atoms with Crippen molar-refractivity contribution in [2.75, 3.05) is 0 Å². The van der Waals surface area contributed by atoms with Crippen molar-refractivity contribution in [3.8, 4) is 11.3 Å². The van der Waals surface area contributed by atoms with E-state index in [1.165, 1.54) is 0 Å². The van der Waals surface area contributed by atoms with Gasteiger partial charge in [0.15, 0.2) is 0 Å². The molecule has 0 bridgehead atoms. The highest BCUT2D eigenvalue weighted by atomic mass is 79.9. The lowest BCUT2D eigenvalue weighted by Crippen LogP contribution is -1.99. The second-order valence-corrected chi connectivity index (χ2v) is 6.38. The molecule has 21 heavy (non-hydrogen) atoms. The molecule has 5 heteroatoms. The molecule has 0 unspecified atom stereocenters. The van der Waals surface area contributed by atoms with E-state index in [4.69, 9.17) is 4.98 Å². The van der Waals surface area contributed by atoms with Gasteiger partial charge in [-0.15, -0.1) is 11.3 Å². The van der Waals surface area contributed by atoms with Gasteiger partial charge in [0.1, 0.15) is 10.4 Å². The maximum absolute atomic E-state index is 4.70. The fraction of sp³-hybridized carbons (Fsp3) is 0.188. The van der Waals surface area contributed by atoms with Crippen LogP contribution in [-0.4, -0.2) is 15.0 Å². The Morgan fingerprint density at radius 1 is 1.10 bits per heavy atom. The molecule has 0 atom stereocenters. The molecule has 0 fully saturated rings. The number of aromatic nitrogens is 3. The molecule has 1 aromatic carbocycles. The lowest BCUT2D eigenvalue weighted by Gasteiger charge is -2.02. The maximum atomic E-state index is 4.70. The Labute approximate surface area is 136 Å². The minimum atomic E-state index is 0.742. The minimum Gasteiger partial charge on any atom is -0.241 e. The smallest absolute Gasteiger partial charge is 0.129 e. The third-order valence-corrected chi connectivity index (χ3v) is 4.32. The first-order valence-electron chi connectivity index (χ1n) is 6.76. The van der Waals surface area contributed by atoms with E-state index >= 15 is 0 Å².